The van der Waals surface area contributed by atoms with E-state index in [1.807, 2.05) is 24.1 Å². The molecule has 0 bridgehead atoms. The van der Waals surface area contributed by atoms with E-state index >= 15 is 0 Å². The normalized spacial score (nSPS) is 22.7. The Morgan fingerprint density at radius 2 is 2.17 bits per heavy atom. The Balaban J connectivity index is 1.43. The number of aryl methyl sites for hydroxylation is 1. The summed E-state index contributed by atoms with van der Waals surface area (Å²) in [6.45, 7) is 8.94. The lowest BCUT2D eigenvalue weighted by molar-refractivity contribution is -0.128. The molecule has 1 aromatic heterocycles. The number of likely N-dealkylation sites (tertiary alicyclic amines) is 1. The lowest BCUT2D eigenvalue weighted by atomic mass is 10.2. The zero-order valence-corrected chi connectivity index (χ0v) is 13.8. The van der Waals surface area contributed by atoms with Crippen LogP contribution in [-0.4, -0.2) is 72.7 Å². The van der Waals surface area contributed by atoms with Gasteiger partial charge in [-0.15, -0.1) is 0 Å². The Bertz CT molecular complexity index is 531. The molecule has 126 valence electrons. The van der Waals surface area contributed by atoms with Gasteiger partial charge < -0.3 is 15.0 Å². The fraction of sp³-hybridized carbons (Fsp3) is 0.647. The van der Waals surface area contributed by atoms with Crippen molar-refractivity contribution in [2.45, 2.75) is 25.9 Å². The summed E-state index contributed by atoms with van der Waals surface area (Å²) in [4.78, 5) is 20.8. The Kier molecular flexibility index (Phi) is 5.59. The number of hydrogen-bond donors (Lipinski definition) is 1. The molecular weight excluding hydrogens is 292 g/mol. The van der Waals surface area contributed by atoms with Crippen molar-refractivity contribution in [3.05, 3.63) is 29.6 Å². The Hall–Kier alpha value is -1.50. The van der Waals surface area contributed by atoms with Crippen LogP contribution in [0.5, 0.6) is 0 Å². The summed E-state index contributed by atoms with van der Waals surface area (Å²) in [5.41, 5.74) is 2.25. The molecule has 2 fully saturated rings. The molecule has 23 heavy (non-hydrogen) atoms. The van der Waals surface area contributed by atoms with Crippen LogP contribution >= 0.6 is 0 Å². The van der Waals surface area contributed by atoms with Crippen molar-refractivity contribution >= 4 is 5.91 Å². The summed E-state index contributed by atoms with van der Waals surface area (Å²) in [6, 6.07) is 4.28. The molecule has 3 rings (SSSR count). The van der Waals surface area contributed by atoms with Crippen molar-refractivity contribution in [1.29, 1.82) is 0 Å². The fourth-order valence-corrected chi connectivity index (χ4v) is 3.17. The predicted octanol–water partition coefficient (Wildman–Crippen LogP) is 0.413. The van der Waals surface area contributed by atoms with Gasteiger partial charge in [0, 0.05) is 63.6 Å². The molecule has 1 aromatic rings. The molecule has 1 amide bonds. The molecule has 3 heterocycles. The van der Waals surface area contributed by atoms with Crippen LogP contribution < -0.4 is 5.32 Å². The summed E-state index contributed by atoms with van der Waals surface area (Å²) in [5, 5.41) is 3.50. The van der Waals surface area contributed by atoms with E-state index in [-0.39, 0.29) is 11.9 Å². The molecule has 1 unspecified atom stereocenters. The fourth-order valence-electron chi connectivity index (χ4n) is 3.17. The second-order valence-electron chi connectivity index (χ2n) is 6.32. The number of pyridine rings is 1. The van der Waals surface area contributed by atoms with E-state index in [9.17, 15) is 4.79 Å². The van der Waals surface area contributed by atoms with Crippen molar-refractivity contribution in [3.63, 3.8) is 0 Å². The van der Waals surface area contributed by atoms with E-state index in [0.717, 1.165) is 58.2 Å². The van der Waals surface area contributed by atoms with Crippen LogP contribution in [0.15, 0.2) is 18.3 Å². The molecule has 2 saturated heterocycles. The van der Waals surface area contributed by atoms with Gasteiger partial charge in [0.25, 0.3) is 0 Å². The van der Waals surface area contributed by atoms with Gasteiger partial charge in [0.05, 0.1) is 13.2 Å². The average Bonchev–Trinajstić information content (AvgIpc) is 2.93. The molecule has 6 heteroatoms. The zero-order chi connectivity index (χ0) is 16.1. The van der Waals surface area contributed by atoms with Crippen molar-refractivity contribution < 1.29 is 9.53 Å². The molecule has 2 aliphatic rings. The first kappa shape index (κ1) is 16.4. The number of rotatable bonds is 6. The first-order chi connectivity index (χ1) is 11.2. The van der Waals surface area contributed by atoms with Gasteiger partial charge in [0.2, 0.25) is 5.91 Å². The van der Waals surface area contributed by atoms with Crippen LogP contribution in [-0.2, 0) is 16.1 Å². The molecule has 2 aliphatic heterocycles. The van der Waals surface area contributed by atoms with Crippen LogP contribution in [0.1, 0.15) is 17.7 Å². The predicted molar refractivity (Wildman–Crippen MR) is 88.1 cm³/mol. The molecule has 0 radical (unpaired) electrons. The maximum atomic E-state index is 12.2. The number of carbonyl (C=O) groups excluding carboxylic acids is 1. The number of amides is 1. The summed E-state index contributed by atoms with van der Waals surface area (Å²) in [5.74, 6) is 0.263. The SMILES string of the molecule is Cc1ncccc1CNC1CC(=O)N(CCN2CCOCC2)C1. The van der Waals surface area contributed by atoms with Crippen molar-refractivity contribution in [3.8, 4) is 0 Å². The monoisotopic (exact) mass is 318 g/mol. The highest BCUT2D eigenvalue weighted by molar-refractivity contribution is 5.79. The molecule has 6 nitrogen and oxygen atoms in total. The van der Waals surface area contributed by atoms with E-state index in [1.54, 1.807) is 0 Å². The number of nitrogens with one attached hydrogen (secondary N) is 1. The third-order valence-corrected chi connectivity index (χ3v) is 4.70. The zero-order valence-electron chi connectivity index (χ0n) is 13.8. The smallest absolute Gasteiger partial charge is 0.224 e. The molecular formula is C17H26N4O2. The van der Waals surface area contributed by atoms with Gasteiger partial charge in [-0.3, -0.25) is 14.7 Å². The van der Waals surface area contributed by atoms with Crippen LogP contribution in [0.2, 0.25) is 0 Å². The minimum atomic E-state index is 0.242. The second kappa shape index (κ2) is 7.86. The number of ether oxygens (including phenoxy) is 1. The first-order valence-electron chi connectivity index (χ1n) is 8.44. The number of morpholine rings is 1. The molecule has 0 aromatic carbocycles. The molecule has 1 N–H and O–H groups in total. The Labute approximate surface area is 137 Å². The van der Waals surface area contributed by atoms with E-state index < -0.39 is 0 Å². The second-order valence-corrected chi connectivity index (χ2v) is 6.32. The van der Waals surface area contributed by atoms with Crippen LogP contribution in [0.3, 0.4) is 0 Å². The topological polar surface area (TPSA) is 57.7 Å². The van der Waals surface area contributed by atoms with Crippen molar-refractivity contribution in [2.75, 3.05) is 45.9 Å². The van der Waals surface area contributed by atoms with E-state index in [2.05, 4.69) is 21.3 Å². The molecule has 1 atom stereocenters. The summed E-state index contributed by atoms with van der Waals surface area (Å²) < 4.78 is 5.36. The van der Waals surface area contributed by atoms with E-state index in [1.165, 1.54) is 5.56 Å². The van der Waals surface area contributed by atoms with Gasteiger partial charge in [0.1, 0.15) is 0 Å². The molecule has 0 spiro atoms. The summed E-state index contributed by atoms with van der Waals surface area (Å²) >= 11 is 0. The van der Waals surface area contributed by atoms with Crippen LogP contribution in [0.4, 0.5) is 0 Å². The lowest BCUT2D eigenvalue weighted by Gasteiger charge is -2.28. The average molecular weight is 318 g/mol. The number of aromatic nitrogens is 1. The van der Waals surface area contributed by atoms with Gasteiger partial charge in [-0.05, 0) is 18.6 Å². The molecule has 0 aliphatic carbocycles. The van der Waals surface area contributed by atoms with E-state index in [0.29, 0.717) is 6.42 Å². The minimum Gasteiger partial charge on any atom is -0.379 e. The third kappa shape index (κ3) is 4.50. The highest BCUT2D eigenvalue weighted by Gasteiger charge is 2.29. The van der Waals surface area contributed by atoms with Crippen molar-refractivity contribution in [2.24, 2.45) is 0 Å². The number of nitrogens with zero attached hydrogens (tertiary/aromatic N) is 3. The number of carbonyl (C=O) groups is 1. The largest absolute Gasteiger partial charge is 0.379 e. The van der Waals surface area contributed by atoms with Gasteiger partial charge in [-0.2, -0.15) is 0 Å². The minimum absolute atomic E-state index is 0.242. The summed E-state index contributed by atoms with van der Waals surface area (Å²) in [6.07, 6.45) is 2.41. The number of hydrogen-bond acceptors (Lipinski definition) is 5. The van der Waals surface area contributed by atoms with Gasteiger partial charge in [-0.25, -0.2) is 0 Å². The Morgan fingerprint density at radius 3 is 2.96 bits per heavy atom. The third-order valence-electron chi connectivity index (χ3n) is 4.70. The summed E-state index contributed by atoms with van der Waals surface area (Å²) in [7, 11) is 0. The van der Waals surface area contributed by atoms with Gasteiger partial charge >= 0.3 is 0 Å². The highest BCUT2D eigenvalue weighted by Crippen LogP contribution is 2.13. The lowest BCUT2D eigenvalue weighted by Crippen LogP contribution is -2.42. The maximum absolute atomic E-state index is 12.2. The van der Waals surface area contributed by atoms with E-state index in [4.69, 9.17) is 4.74 Å². The standard InChI is InChI=1S/C17H26N4O2/c1-14-15(3-2-4-18-14)12-19-16-11-17(22)21(13-16)6-5-20-7-9-23-10-8-20/h2-4,16,19H,5-13H2,1H3. The highest BCUT2D eigenvalue weighted by atomic mass is 16.5. The van der Waals surface area contributed by atoms with Gasteiger partial charge in [-0.1, -0.05) is 6.07 Å². The maximum Gasteiger partial charge on any atom is 0.224 e. The Morgan fingerprint density at radius 1 is 1.35 bits per heavy atom. The van der Waals surface area contributed by atoms with Crippen molar-refractivity contribution in [1.82, 2.24) is 20.1 Å². The van der Waals surface area contributed by atoms with Gasteiger partial charge in [0.15, 0.2) is 0 Å². The quantitative estimate of drug-likeness (QED) is 0.823. The molecule has 0 saturated carbocycles. The van der Waals surface area contributed by atoms with Crippen LogP contribution in [0, 0.1) is 6.92 Å². The first-order valence-corrected chi connectivity index (χ1v) is 8.44. The van der Waals surface area contributed by atoms with Crippen LogP contribution in [0.25, 0.3) is 0 Å².